The van der Waals surface area contributed by atoms with E-state index in [0.717, 1.165) is 25.6 Å². The summed E-state index contributed by atoms with van der Waals surface area (Å²) in [5.74, 6) is 0.983. The Morgan fingerprint density at radius 1 is 1.41 bits per heavy atom. The maximum Gasteiger partial charge on any atom is 0.193 e. The Morgan fingerprint density at radius 3 is 2.50 bits per heavy atom. The summed E-state index contributed by atoms with van der Waals surface area (Å²) in [4.78, 5) is 8.74. The fourth-order valence-corrected chi connectivity index (χ4v) is 4.12. The van der Waals surface area contributed by atoms with Gasteiger partial charge in [-0.2, -0.15) is 0 Å². The van der Waals surface area contributed by atoms with E-state index in [0.29, 0.717) is 19.1 Å². The first kappa shape index (κ1) is 19.2. The molecule has 130 valence electrons. The van der Waals surface area contributed by atoms with Crippen LogP contribution >= 0.6 is 0 Å². The molecule has 0 aliphatic carbocycles. The second-order valence-corrected chi connectivity index (χ2v) is 9.44. The number of sulfone groups is 1. The van der Waals surface area contributed by atoms with Crippen molar-refractivity contribution in [3.63, 3.8) is 0 Å². The number of aliphatic imine (C=N–C) groups is 1. The standard InChI is InChI=1S/C15H32N4O2S/c1-7-18(13(2)3)9-8-17-14(16-6)19-10-11-22(20,21)15(4,5)12-19/h13H,7-12H2,1-6H3,(H,16,17). The molecule has 0 atom stereocenters. The quantitative estimate of drug-likeness (QED) is 0.596. The highest BCUT2D eigenvalue weighted by molar-refractivity contribution is 7.92. The molecule has 1 fully saturated rings. The van der Waals surface area contributed by atoms with Crippen LogP contribution in [0.15, 0.2) is 4.99 Å². The van der Waals surface area contributed by atoms with E-state index in [1.807, 2.05) is 4.90 Å². The predicted molar refractivity (Wildman–Crippen MR) is 93.2 cm³/mol. The van der Waals surface area contributed by atoms with Gasteiger partial charge in [-0.3, -0.25) is 9.89 Å². The van der Waals surface area contributed by atoms with E-state index in [1.165, 1.54) is 0 Å². The van der Waals surface area contributed by atoms with Crippen LogP contribution in [-0.2, 0) is 9.84 Å². The summed E-state index contributed by atoms with van der Waals surface area (Å²) in [6.07, 6.45) is 0. The lowest BCUT2D eigenvalue weighted by Gasteiger charge is -2.39. The van der Waals surface area contributed by atoms with E-state index < -0.39 is 14.6 Å². The zero-order valence-electron chi connectivity index (χ0n) is 14.9. The molecule has 6 nitrogen and oxygen atoms in total. The molecule has 1 aliphatic rings. The molecule has 0 unspecified atom stereocenters. The van der Waals surface area contributed by atoms with Crippen molar-refractivity contribution in [3.8, 4) is 0 Å². The number of likely N-dealkylation sites (N-methyl/N-ethyl adjacent to an activating group) is 1. The second kappa shape index (κ2) is 7.64. The van der Waals surface area contributed by atoms with Gasteiger partial charge in [0.15, 0.2) is 15.8 Å². The molecule has 0 aromatic carbocycles. The Bertz CT molecular complexity index is 486. The molecule has 0 spiro atoms. The number of hydrogen-bond acceptors (Lipinski definition) is 4. The second-order valence-electron chi connectivity index (χ2n) is 6.70. The van der Waals surface area contributed by atoms with Gasteiger partial charge in [-0.05, 0) is 34.2 Å². The highest BCUT2D eigenvalue weighted by Gasteiger charge is 2.40. The molecule has 1 aliphatic heterocycles. The van der Waals surface area contributed by atoms with E-state index in [-0.39, 0.29) is 5.75 Å². The summed E-state index contributed by atoms with van der Waals surface area (Å²) in [6.45, 7) is 13.9. The Morgan fingerprint density at radius 2 is 2.05 bits per heavy atom. The highest BCUT2D eigenvalue weighted by atomic mass is 32.2. The minimum absolute atomic E-state index is 0.188. The Labute approximate surface area is 135 Å². The lowest BCUT2D eigenvalue weighted by Crippen LogP contribution is -2.57. The third-order valence-electron chi connectivity index (χ3n) is 4.37. The average Bonchev–Trinajstić information content (AvgIpc) is 2.42. The lowest BCUT2D eigenvalue weighted by molar-refractivity contribution is 0.236. The largest absolute Gasteiger partial charge is 0.355 e. The molecule has 0 bridgehead atoms. The Balaban J connectivity index is 2.60. The summed E-state index contributed by atoms with van der Waals surface area (Å²) < 4.78 is 23.4. The van der Waals surface area contributed by atoms with Crippen LogP contribution in [-0.4, -0.2) is 80.5 Å². The molecular formula is C15H32N4O2S. The molecule has 0 radical (unpaired) electrons. The minimum Gasteiger partial charge on any atom is -0.355 e. The summed E-state index contributed by atoms with van der Waals surface area (Å²) >= 11 is 0. The average molecular weight is 333 g/mol. The maximum atomic E-state index is 12.1. The van der Waals surface area contributed by atoms with Gasteiger partial charge in [0.25, 0.3) is 0 Å². The van der Waals surface area contributed by atoms with Crippen LogP contribution in [0.4, 0.5) is 0 Å². The molecule has 7 heteroatoms. The first-order valence-electron chi connectivity index (χ1n) is 8.06. The number of nitrogens with zero attached hydrogens (tertiary/aromatic N) is 3. The van der Waals surface area contributed by atoms with Crippen LogP contribution < -0.4 is 5.32 Å². The van der Waals surface area contributed by atoms with E-state index in [9.17, 15) is 8.42 Å². The lowest BCUT2D eigenvalue weighted by atomic mass is 10.2. The van der Waals surface area contributed by atoms with Crippen molar-refractivity contribution < 1.29 is 8.42 Å². The van der Waals surface area contributed by atoms with Crippen molar-refractivity contribution in [1.82, 2.24) is 15.1 Å². The topological polar surface area (TPSA) is 65.0 Å². The van der Waals surface area contributed by atoms with E-state index >= 15 is 0 Å². The monoisotopic (exact) mass is 332 g/mol. The van der Waals surface area contributed by atoms with Gasteiger partial charge in [0.2, 0.25) is 0 Å². The van der Waals surface area contributed by atoms with Crippen molar-refractivity contribution in [2.24, 2.45) is 4.99 Å². The molecule has 0 aromatic rings. The SMILES string of the molecule is CCN(CCNC(=NC)N1CCS(=O)(=O)C(C)(C)C1)C(C)C. The molecule has 0 saturated carbocycles. The van der Waals surface area contributed by atoms with Crippen LogP contribution in [0, 0.1) is 0 Å². The first-order chi connectivity index (χ1) is 10.1. The van der Waals surface area contributed by atoms with E-state index in [1.54, 1.807) is 20.9 Å². The van der Waals surface area contributed by atoms with Crippen molar-refractivity contribution in [1.29, 1.82) is 0 Å². The molecule has 1 saturated heterocycles. The summed E-state index contributed by atoms with van der Waals surface area (Å²) in [5, 5.41) is 3.36. The summed E-state index contributed by atoms with van der Waals surface area (Å²) in [7, 11) is -1.27. The molecule has 1 N–H and O–H groups in total. The highest BCUT2D eigenvalue weighted by Crippen LogP contribution is 2.23. The number of rotatable bonds is 5. The van der Waals surface area contributed by atoms with Gasteiger partial charge in [-0.25, -0.2) is 8.42 Å². The van der Waals surface area contributed by atoms with Crippen LogP contribution in [0.1, 0.15) is 34.6 Å². The molecule has 0 aromatic heterocycles. The van der Waals surface area contributed by atoms with E-state index in [2.05, 4.69) is 36.0 Å². The number of hydrogen-bond donors (Lipinski definition) is 1. The van der Waals surface area contributed by atoms with Gasteiger partial charge in [0.05, 0.1) is 10.5 Å². The zero-order chi connectivity index (χ0) is 17.0. The van der Waals surface area contributed by atoms with Gasteiger partial charge >= 0.3 is 0 Å². The fourth-order valence-electron chi connectivity index (χ4n) is 2.75. The fraction of sp³-hybridized carbons (Fsp3) is 0.933. The van der Waals surface area contributed by atoms with Crippen LogP contribution in [0.3, 0.4) is 0 Å². The Kier molecular flexibility index (Phi) is 6.67. The van der Waals surface area contributed by atoms with Gasteiger partial charge in [0, 0.05) is 39.3 Å². The third kappa shape index (κ3) is 4.59. The number of nitrogens with one attached hydrogen (secondary N) is 1. The van der Waals surface area contributed by atoms with Crippen molar-refractivity contribution in [2.45, 2.75) is 45.4 Å². The van der Waals surface area contributed by atoms with Crippen molar-refractivity contribution >= 4 is 15.8 Å². The predicted octanol–water partition coefficient (Wildman–Crippen LogP) is 0.801. The van der Waals surface area contributed by atoms with Crippen LogP contribution in [0.5, 0.6) is 0 Å². The van der Waals surface area contributed by atoms with Gasteiger partial charge < -0.3 is 10.2 Å². The van der Waals surface area contributed by atoms with Gasteiger partial charge in [-0.15, -0.1) is 0 Å². The van der Waals surface area contributed by atoms with Crippen molar-refractivity contribution in [3.05, 3.63) is 0 Å². The van der Waals surface area contributed by atoms with Crippen molar-refractivity contribution in [2.75, 3.05) is 45.5 Å². The maximum absolute atomic E-state index is 12.1. The van der Waals surface area contributed by atoms with Crippen LogP contribution in [0.2, 0.25) is 0 Å². The Hall–Kier alpha value is -0.820. The summed E-state index contributed by atoms with van der Waals surface area (Å²) in [5.41, 5.74) is 0. The molecule has 1 heterocycles. The molecule has 22 heavy (non-hydrogen) atoms. The minimum atomic E-state index is -3.02. The van der Waals surface area contributed by atoms with Gasteiger partial charge in [-0.1, -0.05) is 6.92 Å². The summed E-state index contributed by atoms with van der Waals surface area (Å²) in [6, 6.07) is 0.521. The first-order valence-corrected chi connectivity index (χ1v) is 9.71. The zero-order valence-corrected chi connectivity index (χ0v) is 15.7. The number of guanidine groups is 1. The normalized spacial score (nSPS) is 21.5. The molecular weight excluding hydrogens is 300 g/mol. The van der Waals surface area contributed by atoms with Gasteiger partial charge in [0.1, 0.15) is 0 Å². The van der Waals surface area contributed by atoms with E-state index in [4.69, 9.17) is 0 Å². The van der Waals surface area contributed by atoms with Crippen LogP contribution in [0.25, 0.3) is 0 Å². The molecule has 1 rings (SSSR count). The third-order valence-corrected chi connectivity index (χ3v) is 6.91. The smallest absolute Gasteiger partial charge is 0.193 e. The molecule has 0 amide bonds.